The van der Waals surface area contributed by atoms with Crippen molar-refractivity contribution in [1.82, 2.24) is 5.43 Å². The van der Waals surface area contributed by atoms with Crippen LogP contribution in [0.25, 0.3) is 0 Å². The van der Waals surface area contributed by atoms with E-state index in [1.165, 1.54) is 6.07 Å². The van der Waals surface area contributed by atoms with Crippen molar-refractivity contribution < 1.29 is 17.6 Å². The molecule has 2 rings (SSSR count). The van der Waals surface area contributed by atoms with E-state index in [0.29, 0.717) is 12.1 Å². The summed E-state index contributed by atoms with van der Waals surface area (Å²) >= 11 is 5.87. The Bertz CT molecular complexity index is 625. The zero-order chi connectivity index (χ0) is 14.9. The summed E-state index contributed by atoms with van der Waals surface area (Å²) in [7, 11) is 0. The highest BCUT2D eigenvalue weighted by Crippen LogP contribution is 2.31. The molecule has 3 N–H and O–H groups in total. The number of rotatable bonds is 3. The van der Waals surface area contributed by atoms with Crippen LogP contribution in [0.1, 0.15) is 17.2 Å². The Labute approximate surface area is 117 Å². The third-order valence-electron chi connectivity index (χ3n) is 2.77. The van der Waals surface area contributed by atoms with E-state index < -0.39 is 34.9 Å². The van der Waals surface area contributed by atoms with E-state index in [1.54, 1.807) is 0 Å². The van der Waals surface area contributed by atoms with E-state index in [9.17, 15) is 17.6 Å². The van der Waals surface area contributed by atoms with E-state index >= 15 is 0 Å². The Kier molecular flexibility index (Phi) is 4.27. The van der Waals surface area contributed by atoms with E-state index in [1.807, 2.05) is 0 Å². The number of benzene rings is 2. The molecule has 20 heavy (non-hydrogen) atoms. The van der Waals surface area contributed by atoms with Crippen LogP contribution in [0.2, 0.25) is 5.02 Å². The van der Waals surface area contributed by atoms with Gasteiger partial charge in [-0.1, -0.05) is 11.6 Å². The zero-order valence-electron chi connectivity index (χ0n) is 9.93. The van der Waals surface area contributed by atoms with Crippen molar-refractivity contribution in [3.63, 3.8) is 0 Å². The van der Waals surface area contributed by atoms with Gasteiger partial charge in [-0.3, -0.25) is 5.84 Å². The first-order valence-corrected chi connectivity index (χ1v) is 5.87. The number of hydrogen-bond donors (Lipinski definition) is 2. The quantitative estimate of drug-likeness (QED) is 0.518. The molecule has 0 aliphatic heterocycles. The van der Waals surface area contributed by atoms with Gasteiger partial charge in [-0.25, -0.2) is 23.0 Å². The van der Waals surface area contributed by atoms with E-state index in [0.717, 1.165) is 12.1 Å². The minimum Gasteiger partial charge on any atom is -0.271 e. The van der Waals surface area contributed by atoms with Crippen LogP contribution in [-0.4, -0.2) is 0 Å². The molecule has 1 unspecified atom stereocenters. The summed E-state index contributed by atoms with van der Waals surface area (Å²) in [6.45, 7) is 0. The lowest BCUT2D eigenvalue weighted by Crippen LogP contribution is -2.30. The van der Waals surface area contributed by atoms with Gasteiger partial charge in [0.15, 0.2) is 0 Å². The Hall–Kier alpha value is -1.63. The fourth-order valence-electron chi connectivity index (χ4n) is 1.89. The second kappa shape index (κ2) is 5.78. The Balaban J connectivity index is 2.61. The van der Waals surface area contributed by atoms with Gasteiger partial charge >= 0.3 is 0 Å². The van der Waals surface area contributed by atoms with Gasteiger partial charge < -0.3 is 0 Å². The fourth-order valence-corrected chi connectivity index (χ4v) is 2.12. The minimum atomic E-state index is -1.25. The molecule has 0 aromatic heterocycles. The topological polar surface area (TPSA) is 38.0 Å². The Morgan fingerprint density at radius 3 is 2.10 bits per heavy atom. The van der Waals surface area contributed by atoms with Crippen LogP contribution in [0.4, 0.5) is 17.6 Å². The highest BCUT2D eigenvalue weighted by Gasteiger charge is 2.24. The van der Waals surface area contributed by atoms with Gasteiger partial charge in [0.2, 0.25) is 0 Å². The smallest absolute Gasteiger partial charge is 0.134 e. The van der Waals surface area contributed by atoms with Crippen LogP contribution in [-0.2, 0) is 0 Å². The third kappa shape index (κ3) is 2.77. The van der Waals surface area contributed by atoms with Crippen molar-refractivity contribution in [2.45, 2.75) is 6.04 Å². The van der Waals surface area contributed by atoms with Crippen molar-refractivity contribution in [2.75, 3.05) is 0 Å². The van der Waals surface area contributed by atoms with E-state index in [2.05, 4.69) is 5.43 Å². The lowest BCUT2D eigenvalue weighted by molar-refractivity contribution is 0.490. The molecule has 2 nitrogen and oxygen atoms in total. The maximum Gasteiger partial charge on any atom is 0.134 e. The van der Waals surface area contributed by atoms with Gasteiger partial charge in [0.1, 0.15) is 23.3 Å². The molecule has 0 amide bonds. The zero-order valence-corrected chi connectivity index (χ0v) is 10.7. The average molecular weight is 305 g/mol. The summed E-state index contributed by atoms with van der Waals surface area (Å²) in [5, 5.41) is 0.0671. The summed E-state index contributed by atoms with van der Waals surface area (Å²) in [5.74, 6) is 1.27. The standard InChI is InChI=1S/C13H9ClF4N2/c14-9-2-1-6(15)3-8(9)13(20-19)12-10(17)4-7(16)5-11(12)18/h1-5,13,20H,19H2. The van der Waals surface area contributed by atoms with Crippen LogP contribution < -0.4 is 11.3 Å². The van der Waals surface area contributed by atoms with Crippen LogP contribution in [0.15, 0.2) is 30.3 Å². The molecule has 2 aromatic rings. The second-order valence-corrected chi connectivity index (χ2v) is 4.46. The number of halogens is 5. The van der Waals surface area contributed by atoms with Crippen molar-refractivity contribution in [3.05, 3.63) is 69.8 Å². The van der Waals surface area contributed by atoms with Gasteiger partial charge in [0.25, 0.3) is 0 Å². The highest BCUT2D eigenvalue weighted by molar-refractivity contribution is 6.31. The number of nitrogens with one attached hydrogen (secondary N) is 1. The molecule has 0 bridgehead atoms. The van der Waals surface area contributed by atoms with Crippen LogP contribution in [0.5, 0.6) is 0 Å². The fraction of sp³-hybridized carbons (Fsp3) is 0.0769. The summed E-state index contributed by atoms with van der Waals surface area (Å²) < 4.78 is 53.7. The van der Waals surface area contributed by atoms with Gasteiger partial charge in [-0.05, 0) is 23.8 Å². The first-order chi connectivity index (χ1) is 9.43. The highest BCUT2D eigenvalue weighted by atomic mass is 35.5. The molecule has 0 saturated heterocycles. The number of hydrazine groups is 1. The van der Waals surface area contributed by atoms with Crippen molar-refractivity contribution in [2.24, 2.45) is 5.84 Å². The number of nitrogens with two attached hydrogens (primary N) is 1. The normalized spacial score (nSPS) is 12.5. The molecule has 0 spiro atoms. The number of hydrogen-bond acceptors (Lipinski definition) is 2. The SMILES string of the molecule is NNC(c1cc(F)ccc1Cl)c1c(F)cc(F)cc1F. The molecule has 106 valence electrons. The Morgan fingerprint density at radius 2 is 1.55 bits per heavy atom. The predicted octanol–water partition coefficient (Wildman–Crippen LogP) is 3.45. The maximum absolute atomic E-state index is 13.8. The molecular formula is C13H9ClF4N2. The van der Waals surface area contributed by atoms with Crippen molar-refractivity contribution in [3.8, 4) is 0 Å². The summed E-state index contributed by atoms with van der Waals surface area (Å²) in [6, 6.07) is 3.09. The molecule has 0 aliphatic rings. The average Bonchev–Trinajstić information content (AvgIpc) is 2.37. The second-order valence-electron chi connectivity index (χ2n) is 4.05. The van der Waals surface area contributed by atoms with Crippen LogP contribution in [0, 0.1) is 23.3 Å². The molecule has 2 aromatic carbocycles. The molecule has 0 heterocycles. The van der Waals surface area contributed by atoms with Crippen LogP contribution >= 0.6 is 11.6 Å². The largest absolute Gasteiger partial charge is 0.271 e. The molecular weight excluding hydrogens is 296 g/mol. The Morgan fingerprint density at radius 1 is 0.950 bits per heavy atom. The monoisotopic (exact) mass is 304 g/mol. The first kappa shape index (κ1) is 14.8. The lowest BCUT2D eigenvalue weighted by atomic mass is 9.98. The van der Waals surface area contributed by atoms with Crippen molar-refractivity contribution in [1.29, 1.82) is 0 Å². The summed E-state index contributed by atoms with van der Waals surface area (Å²) in [4.78, 5) is 0. The predicted molar refractivity (Wildman–Crippen MR) is 66.9 cm³/mol. The van der Waals surface area contributed by atoms with Crippen LogP contribution in [0.3, 0.4) is 0 Å². The van der Waals surface area contributed by atoms with E-state index in [-0.39, 0.29) is 10.6 Å². The molecule has 1 atom stereocenters. The first-order valence-electron chi connectivity index (χ1n) is 5.49. The summed E-state index contributed by atoms with van der Waals surface area (Å²) in [6.07, 6.45) is 0. The maximum atomic E-state index is 13.8. The van der Waals surface area contributed by atoms with E-state index in [4.69, 9.17) is 17.4 Å². The lowest BCUT2D eigenvalue weighted by Gasteiger charge is -2.19. The molecule has 0 fully saturated rings. The molecule has 0 aliphatic carbocycles. The van der Waals surface area contributed by atoms with Gasteiger partial charge in [-0.2, -0.15) is 0 Å². The van der Waals surface area contributed by atoms with Gasteiger partial charge in [0, 0.05) is 22.7 Å². The summed E-state index contributed by atoms with van der Waals surface area (Å²) in [5.41, 5.74) is 1.65. The van der Waals surface area contributed by atoms with Gasteiger partial charge in [-0.15, -0.1) is 0 Å². The third-order valence-corrected chi connectivity index (χ3v) is 3.11. The minimum absolute atomic E-state index is 0.0403. The molecule has 7 heteroatoms. The van der Waals surface area contributed by atoms with Gasteiger partial charge in [0.05, 0.1) is 6.04 Å². The molecule has 0 radical (unpaired) electrons. The van der Waals surface area contributed by atoms with Crippen molar-refractivity contribution >= 4 is 11.6 Å². The molecule has 0 saturated carbocycles.